The second-order valence-corrected chi connectivity index (χ2v) is 9.30. The van der Waals surface area contributed by atoms with E-state index in [0.29, 0.717) is 25.8 Å². The molecule has 0 aliphatic rings. The number of hydrogen-bond acceptors (Lipinski definition) is 5. The predicted molar refractivity (Wildman–Crippen MR) is 124 cm³/mol. The van der Waals surface area contributed by atoms with Gasteiger partial charge in [0.15, 0.2) is 0 Å². The van der Waals surface area contributed by atoms with Gasteiger partial charge in [-0.1, -0.05) is 58.0 Å². The average molecular weight is 449 g/mol. The van der Waals surface area contributed by atoms with Crippen LogP contribution >= 0.6 is 0 Å². The average Bonchev–Trinajstić information content (AvgIpc) is 2.74. The second kappa shape index (κ2) is 13.9. The van der Waals surface area contributed by atoms with Gasteiger partial charge >= 0.3 is 0 Å². The van der Waals surface area contributed by atoms with Crippen molar-refractivity contribution in [3.05, 3.63) is 35.9 Å². The fourth-order valence-corrected chi connectivity index (χ4v) is 3.75. The van der Waals surface area contributed by atoms with E-state index >= 15 is 0 Å². The van der Waals surface area contributed by atoms with Gasteiger partial charge < -0.3 is 5.73 Å². The van der Waals surface area contributed by atoms with Crippen LogP contribution in [0, 0.1) is 23.7 Å². The van der Waals surface area contributed by atoms with Gasteiger partial charge in [-0.2, -0.15) is 0 Å². The minimum Gasteiger partial charge on any atom is -0.320 e. The monoisotopic (exact) mass is 448 g/mol. The standard InChI is InChI=1S/C24H40N4O4/c1-16(2)14-21(22(29)26-28(15-17(3)4)24(31)18(5)25)20(23(30)27-32)13-9-12-19-10-7-6-8-11-19/h6-8,10-11,16-18,20-21,32H,9,12-15,25H2,1-5H3,(H,26,29)(H,27,30)/t18-,20?,21-/m1/s1. The Morgan fingerprint density at radius 2 is 1.59 bits per heavy atom. The van der Waals surface area contributed by atoms with Crippen LogP contribution in [0.25, 0.3) is 0 Å². The van der Waals surface area contributed by atoms with E-state index in [2.05, 4.69) is 5.43 Å². The van der Waals surface area contributed by atoms with Crippen LogP contribution in [-0.2, 0) is 20.8 Å². The number of nitrogens with zero attached hydrogens (tertiary/aromatic N) is 1. The maximum absolute atomic E-state index is 13.3. The number of amides is 3. The van der Waals surface area contributed by atoms with Crippen molar-refractivity contribution in [2.24, 2.45) is 29.4 Å². The van der Waals surface area contributed by atoms with Crippen LogP contribution in [0.2, 0.25) is 0 Å². The van der Waals surface area contributed by atoms with Crippen LogP contribution < -0.4 is 16.6 Å². The number of hydrogen-bond donors (Lipinski definition) is 4. The molecule has 0 aliphatic carbocycles. The van der Waals surface area contributed by atoms with Crippen molar-refractivity contribution < 1.29 is 19.6 Å². The summed E-state index contributed by atoms with van der Waals surface area (Å²) in [5.41, 5.74) is 11.3. The first-order chi connectivity index (χ1) is 15.1. The minimum atomic E-state index is -0.764. The molecular formula is C24H40N4O4. The third kappa shape index (κ3) is 9.36. The molecular weight excluding hydrogens is 408 g/mol. The third-order valence-corrected chi connectivity index (χ3v) is 5.27. The van der Waals surface area contributed by atoms with E-state index in [0.717, 1.165) is 12.0 Å². The number of hydrazine groups is 1. The van der Waals surface area contributed by atoms with Crippen molar-refractivity contribution in [3.8, 4) is 0 Å². The molecule has 8 nitrogen and oxygen atoms in total. The summed E-state index contributed by atoms with van der Waals surface area (Å²) in [6, 6.07) is 9.13. The molecule has 32 heavy (non-hydrogen) atoms. The van der Waals surface area contributed by atoms with Crippen LogP contribution in [-0.4, -0.2) is 40.5 Å². The van der Waals surface area contributed by atoms with Crippen LogP contribution in [0.5, 0.6) is 0 Å². The molecule has 0 spiro atoms. The van der Waals surface area contributed by atoms with Crippen LogP contribution in [0.4, 0.5) is 0 Å². The molecule has 1 aromatic rings. The summed E-state index contributed by atoms with van der Waals surface area (Å²) in [4.78, 5) is 38.3. The fraction of sp³-hybridized carbons (Fsp3) is 0.625. The van der Waals surface area contributed by atoms with Gasteiger partial charge in [0.25, 0.3) is 5.91 Å². The molecule has 0 aromatic heterocycles. The van der Waals surface area contributed by atoms with Crippen molar-refractivity contribution >= 4 is 17.7 Å². The van der Waals surface area contributed by atoms with Crippen molar-refractivity contribution in [3.63, 3.8) is 0 Å². The predicted octanol–water partition coefficient (Wildman–Crippen LogP) is 2.66. The van der Waals surface area contributed by atoms with Gasteiger partial charge in [0.1, 0.15) is 0 Å². The fourth-order valence-electron chi connectivity index (χ4n) is 3.75. The molecule has 5 N–H and O–H groups in total. The minimum absolute atomic E-state index is 0.115. The zero-order valence-corrected chi connectivity index (χ0v) is 20.0. The van der Waals surface area contributed by atoms with Crippen LogP contribution in [0.3, 0.4) is 0 Å². The lowest BCUT2D eigenvalue weighted by Gasteiger charge is -2.31. The molecule has 3 amide bonds. The van der Waals surface area contributed by atoms with Gasteiger partial charge in [-0.25, -0.2) is 5.48 Å². The first-order valence-corrected chi connectivity index (χ1v) is 11.4. The van der Waals surface area contributed by atoms with Crippen LogP contribution in [0.1, 0.15) is 59.4 Å². The molecule has 0 heterocycles. The number of carbonyl (C=O) groups is 3. The summed E-state index contributed by atoms with van der Waals surface area (Å²) in [5.74, 6) is -2.57. The van der Waals surface area contributed by atoms with E-state index in [1.807, 2.05) is 58.0 Å². The highest BCUT2D eigenvalue weighted by molar-refractivity contribution is 5.89. The largest absolute Gasteiger partial charge is 0.320 e. The molecule has 0 bridgehead atoms. The smallest absolute Gasteiger partial charge is 0.257 e. The SMILES string of the molecule is CC(C)C[C@@H](C(=O)NN(CC(C)C)C(=O)[C@@H](C)N)C(CCCc1ccccc1)C(=O)NO. The summed E-state index contributed by atoms with van der Waals surface area (Å²) in [6.45, 7) is 9.69. The highest BCUT2D eigenvalue weighted by Gasteiger charge is 2.35. The zero-order chi connectivity index (χ0) is 24.3. The summed E-state index contributed by atoms with van der Waals surface area (Å²) in [7, 11) is 0. The lowest BCUT2D eigenvalue weighted by molar-refractivity contribution is -0.148. The Labute approximate surface area is 191 Å². The topological polar surface area (TPSA) is 125 Å². The highest BCUT2D eigenvalue weighted by Crippen LogP contribution is 2.26. The zero-order valence-electron chi connectivity index (χ0n) is 20.0. The van der Waals surface area contributed by atoms with E-state index < -0.39 is 29.7 Å². The molecule has 0 radical (unpaired) electrons. The Kier molecular flexibility index (Phi) is 11.9. The summed E-state index contributed by atoms with van der Waals surface area (Å²) in [5, 5.41) is 10.6. The summed E-state index contributed by atoms with van der Waals surface area (Å²) >= 11 is 0. The van der Waals surface area contributed by atoms with Gasteiger partial charge in [-0.05, 0) is 50.0 Å². The normalized spacial score (nSPS) is 14.0. The molecule has 1 unspecified atom stereocenters. The Morgan fingerprint density at radius 1 is 0.969 bits per heavy atom. The molecule has 1 rings (SSSR count). The summed E-state index contributed by atoms with van der Waals surface area (Å²) in [6.07, 6.45) is 2.31. The second-order valence-electron chi connectivity index (χ2n) is 9.30. The van der Waals surface area contributed by atoms with Crippen LogP contribution in [0.15, 0.2) is 30.3 Å². The quantitative estimate of drug-likeness (QED) is 0.289. The Bertz CT molecular complexity index is 722. The van der Waals surface area contributed by atoms with Crippen molar-refractivity contribution in [1.29, 1.82) is 0 Å². The van der Waals surface area contributed by atoms with Crippen molar-refractivity contribution in [2.45, 2.75) is 66.3 Å². The maximum atomic E-state index is 13.3. The number of nitrogens with two attached hydrogens (primary N) is 1. The first-order valence-electron chi connectivity index (χ1n) is 11.4. The number of nitrogens with one attached hydrogen (secondary N) is 2. The number of carbonyl (C=O) groups excluding carboxylic acids is 3. The molecule has 3 atom stereocenters. The van der Waals surface area contributed by atoms with E-state index in [4.69, 9.17) is 5.73 Å². The lowest BCUT2D eigenvalue weighted by Crippen LogP contribution is -2.55. The third-order valence-electron chi connectivity index (χ3n) is 5.27. The van der Waals surface area contributed by atoms with Gasteiger partial charge in [-0.3, -0.25) is 30.0 Å². The Balaban J connectivity index is 3.04. The molecule has 0 saturated carbocycles. The van der Waals surface area contributed by atoms with Gasteiger partial charge in [0, 0.05) is 6.54 Å². The Morgan fingerprint density at radius 3 is 2.09 bits per heavy atom. The highest BCUT2D eigenvalue weighted by atomic mass is 16.5. The van der Waals surface area contributed by atoms with Gasteiger partial charge in [-0.15, -0.1) is 0 Å². The first kappa shape index (κ1) is 27.6. The number of benzene rings is 1. The summed E-state index contributed by atoms with van der Waals surface area (Å²) < 4.78 is 0. The maximum Gasteiger partial charge on any atom is 0.257 e. The Hall–Kier alpha value is -2.45. The van der Waals surface area contributed by atoms with E-state index in [9.17, 15) is 19.6 Å². The molecule has 180 valence electrons. The molecule has 8 heteroatoms. The molecule has 1 aromatic carbocycles. The van der Waals surface area contributed by atoms with Crippen molar-refractivity contribution in [1.82, 2.24) is 15.9 Å². The molecule has 0 fully saturated rings. The van der Waals surface area contributed by atoms with E-state index in [1.165, 1.54) is 5.01 Å². The molecule has 0 saturated heterocycles. The lowest BCUT2D eigenvalue weighted by atomic mass is 9.81. The number of rotatable bonds is 12. The van der Waals surface area contributed by atoms with Gasteiger partial charge in [0.2, 0.25) is 11.8 Å². The number of hydroxylamine groups is 1. The molecule has 0 aliphatic heterocycles. The van der Waals surface area contributed by atoms with E-state index in [-0.39, 0.29) is 17.7 Å². The van der Waals surface area contributed by atoms with Gasteiger partial charge in [0.05, 0.1) is 17.9 Å². The van der Waals surface area contributed by atoms with Crippen molar-refractivity contribution in [2.75, 3.05) is 6.54 Å². The van der Waals surface area contributed by atoms with E-state index in [1.54, 1.807) is 12.4 Å². The number of aryl methyl sites for hydroxylation is 1.